The zero-order valence-electron chi connectivity index (χ0n) is 10.9. The third kappa shape index (κ3) is 2.29. The third-order valence-corrected chi connectivity index (χ3v) is 2.88. The maximum atomic E-state index is 14.0. The van der Waals surface area contributed by atoms with Crippen molar-refractivity contribution in [1.82, 2.24) is 9.55 Å². The number of pyridine rings is 2. The van der Waals surface area contributed by atoms with Gasteiger partial charge in [-0.1, -0.05) is 6.08 Å². The molecule has 0 aliphatic heterocycles. The molecule has 19 heavy (non-hydrogen) atoms. The second-order valence-electron chi connectivity index (χ2n) is 4.84. The normalized spacial score (nSPS) is 11.8. The summed E-state index contributed by atoms with van der Waals surface area (Å²) in [5.41, 5.74) is -0.871. The first kappa shape index (κ1) is 13.4. The monoisotopic (exact) mass is 262 g/mol. The number of aliphatic hydroxyl groups is 1. The number of nitrogens with zero attached hydrogens (tertiary/aromatic N) is 2. The Bertz CT molecular complexity index is 699. The quantitative estimate of drug-likeness (QED) is 0.860. The number of aromatic nitrogens is 2. The lowest BCUT2D eigenvalue weighted by Crippen LogP contribution is -2.25. The van der Waals surface area contributed by atoms with E-state index in [-0.39, 0.29) is 17.7 Å². The van der Waals surface area contributed by atoms with Crippen LogP contribution in [0.3, 0.4) is 0 Å². The first-order valence-corrected chi connectivity index (χ1v) is 5.88. The molecular formula is C14H15FN2O2. The summed E-state index contributed by atoms with van der Waals surface area (Å²) < 4.78 is 15.4. The van der Waals surface area contributed by atoms with E-state index in [1.165, 1.54) is 30.5 Å². The van der Waals surface area contributed by atoms with Crippen molar-refractivity contribution in [3.8, 4) is 0 Å². The van der Waals surface area contributed by atoms with E-state index in [4.69, 9.17) is 0 Å². The summed E-state index contributed by atoms with van der Waals surface area (Å²) >= 11 is 0. The minimum Gasteiger partial charge on any atom is -0.386 e. The summed E-state index contributed by atoms with van der Waals surface area (Å²) in [6.07, 6.45) is 2.60. The van der Waals surface area contributed by atoms with Crippen LogP contribution in [-0.4, -0.2) is 14.7 Å². The van der Waals surface area contributed by atoms with Crippen molar-refractivity contribution in [2.45, 2.75) is 26.0 Å². The van der Waals surface area contributed by atoms with Crippen LogP contribution in [0.25, 0.3) is 11.0 Å². The van der Waals surface area contributed by atoms with Gasteiger partial charge in [-0.15, -0.1) is 6.58 Å². The topological polar surface area (TPSA) is 55.1 Å². The molecule has 0 radical (unpaired) electrons. The Balaban J connectivity index is 3.01. The number of hydrogen-bond donors (Lipinski definition) is 1. The number of rotatable bonds is 3. The Morgan fingerprint density at radius 2 is 2.21 bits per heavy atom. The zero-order valence-corrected chi connectivity index (χ0v) is 10.9. The van der Waals surface area contributed by atoms with Gasteiger partial charge in [-0.25, -0.2) is 4.39 Å². The molecule has 0 aliphatic rings. The van der Waals surface area contributed by atoms with Crippen LogP contribution in [0, 0.1) is 5.82 Å². The van der Waals surface area contributed by atoms with Crippen molar-refractivity contribution < 1.29 is 9.50 Å². The summed E-state index contributed by atoms with van der Waals surface area (Å²) in [7, 11) is 0. The molecule has 4 nitrogen and oxygen atoms in total. The van der Waals surface area contributed by atoms with Crippen LogP contribution >= 0.6 is 0 Å². The van der Waals surface area contributed by atoms with E-state index >= 15 is 0 Å². The average molecular weight is 262 g/mol. The van der Waals surface area contributed by atoms with Gasteiger partial charge >= 0.3 is 0 Å². The van der Waals surface area contributed by atoms with Crippen LogP contribution in [0.5, 0.6) is 0 Å². The van der Waals surface area contributed by atoms with Crippen LogP contribution in [0.1, 0.15) is 19.4 Å². The number of allylic oxidation sites excluding steroid dienone is 1. The van der Waals surface area contributed by atoms with Crippen LogP contribution in [0.2, 0.25) is 0 Å². The number of fused-ring (bicyclic) bond motifs is 1. The smallest absolute Gasteiger partial charge is 0.251 e. The van der Waals surface area contributed by atoms with Gasteiger partial charge in [0.25, 0.3) is 5.56 Å². The maximum Gasteiger partial charge on any atom is 0.251 e. The van der Waals surface area contributed by atoms with Gasteiger partial charge in [0.05, 0.1) is 22.8 Å². The fraction of sp³-hybridized carbons (Fsp3) is 0.286. The minimum absolute atomic E-state index is 0.0667. The Hall–Kier alpha value is -2.01. The summed E-state index contributed by atoms with van der Waals surface area (Å²) in [6.45, 7) is 6.75. The molecule has 1 N–H and O–H groups in total. The van der Waals surface area contributed by atoms with Gasteiger partial charge in [0.2, 0.25) is 0 Å². The fourth-order valence-electron chi connectivity index (χ4n) is 2.13. The highest BCUT2D eigenvalue weighted by molar-refractivity contribution is 5.79. The molecule has 0 amide bonds. The lowest BCUT2D eigenvalue weighted by molar-refractivity contribution is 0.0757. The summed E-state index contributed by atoms with van der Waals surface area (Å²) in [5, 5.41) is 10.1. The lowest BCUT2D eigenvalue weighted by atomic mass is 9.96. The van der Waals surface area contributed by atoms with E-state index in [1.54, 1.807) is 6.08 Å². The van der Waals surface area contributed by atoms with Gasteiger partial charge in [0.15, 0.2) is 0 Å². The number of halogens is 1. The zero-order chi connectivity index (χ0) is 14.2. The SMILES string of the molecule is C=CCn1c(=O)ccc2ncc(F)c(C(C)(C)O)c21. The standard InChI is InChI=1S/C14H15FN2O2/c1-4-7-17-11(18)6-5-10-13(17)12(14(2,3)19)9(15)8-16-10/h4-6,8,19H,1,7H2,2-3H3. The van der Waals surface area contributed by atoms with Crippen LogP contribution < -0.4 is 5.56 Å². The highest BCUT2D eigenvalue weighted by Gasteiger charge is 2.26. The largest absolute Gasteiger partial charge is 0.386 e. The second-order valence-corrected chi connectivity index (χ2v) is 4.84. The van der Waals surface area contributed by atoms with Gasteiger partial charge in [-0.3, -0.25) is 9.78 Å². The highest BCUT2D eigenvalue weighted by atomic mass is 19.1. The van der Waals surface area contributed by atoms with Crippen molar-refractivity contribution in [3.63, 3.8) is 0 Å². The van der Waals surface area contributed by atoms with Gasteiger partial charge in [-0.05, 0) is 19.9 Å². The Morgan fingerprint density at radius 1 is 1.53 bits per heavy atom. The highest BCUT2D eigenvalue weighted by Crippen LogP contribution is 2.29. The summed E-state index contributed by atoms with van der Waals surface area (Å²) in [5.74, 6) is -0.636. The molecule has 0 atom stereocenters. The van der Waals surface area contributed by atoms with Crippen LogP contribution in [0.15, 0.2) is 35.8 Å². The fourth-order valence-corrected chi connectivity index (χ4v) is 2.13. The molecule has 0 spiro atoms. The van der Waals surface area contributed by atoms with Crippen molar-refractivity contribution in [3.05, 3.63) is 52.7 Å². The lowest BCUT2D eigenvalue weighted by Gasteiger charge is -2.22. The maximum absolute atomic E-state index is 14.0. The molecule has 0 saturated carbocycles. The van der Waals surface area contributed by atoms with Crippen molar-refractivity contribution in [2.24, 2.45) is 0 Å². The van der Waals surface area contributed by atoms with Gasteiger partial charge in [0.1, 0.15) is 5.82 Å². The molecule has 0 fully saturated rings. The van der Waals surface area contributed by atoms with Crippen LogP contribution in [-0.2, 0) is 12.1 Å². The molecule has 2 aromatic rings. The molecule has 2 aromatic heterocycles. The molecular weight excluding hydrogens is 247 g/mol. The molecule has 0 unspecified atom stereocenters. The minimum atomic E-state index is -1.41. The van der Waals surface area contributed by atoms with E-state index in [0.29, 0.717) is 11.0 Å². The van der Waals surface area contributed by atoms with E-state index < -0.39 is 11.4 Å². The van der Waals surface area contributed by atoms with E-state index in [9.17, 15) is 14.3 Å². The Kier molecular flexibility index (Phi) is 3.24. The molecule has 2 heterocycles. The molecule has 0 aromatic carbocycles. The van der Waals surface area contributed by atoms with Gasteiger partial charge in [0, 0.05) is 18.2 Å². The molecule has 100 valence electrons. The molecule has 5 heteroatoms. The second kappa shape index (κ2) is 4.59. The molecule has 0 saturated heterocycles. The van der Waals surface area contributed by atoms with E-state index in [1.807, 2.05) is 0 Å². The predicted octanol–water partition coefficient (Wildman–Crippen LogP) is 1.95. The first-order chi connectivity index (χ1) is 8.86. The summed E-state index contributed by atoms with van der Waals surface area (Å²) in [6, 6.07) is 2.89. The Labute approximate surface area is 109 Å². The molecule has 0 aliphatic carbocycles. The van der Waals surface area contributed by atoms with Gasteiger partial charge in [-0.2, -0.15) is 0 Å². The molecule has 0 bridgehead atoms. The molecule has 2 rings (SSSR count). The predicted molar refractivity (Wildman–Crippen MR) is 71.4 cm³/mol. The van der Waals surface area contributed by atoms with Crippen molar-refractivity contribution >= 4 is 11.0 Å². The average Bonchev–Trinajstić information content (AvgIpc) is 2.31. The van der Waals surface area contributed by atoms with Crippen molar-refractivity contribution in [2.75, 3.05) is 0 Å². The Morgan fingerprint density at radius 3 is 2.79 bits per heavy atom. The van der Waals surface area contributed by atoms with Crippen LogP contribution in [0.4, 0.5) is 4.39 Å². The summed E-state index contributed by atoms with van der Waals surface area (Å²) in [4.78, 5) is 15.9. The third-order valence-electron chi connectivity index (χ3n) is 2.88. The first-order valence-electron chi connectivity index (χ1n) is 5.88. The van der Waals surface area contributed by atoms with E-state index in [2.05, 4.69) is 11.6 Å². The van der Waals surface area contributed by atoms with Gasteiger partial charge < -0.3 is 9.67 Å². The van der Waals surface area contributed by atoms with E-state index in [0.717, 1.165) is 6.20 Å². The van der Waals surface area contributed by atoms with Crippen molar-refractivity contribution in [1.29, 1.82) is 0 Å². The number of hydrogen-bond acceptors (Lipinski definition) is 3.